The zero-order chi connectivity index (χ0) is 33.4. The van der Waals surface area contributed by atoms with E-state index in [4.69, 9.17) is 15.7 Å². The summed E-state index contributed by atoms with van der Waals surface area (Å²) in [5.41, 5.74) is 14.5. The Bertz CT molecular complexity index is 2410. The normalized spacial score (nSPS) is 14.1. The molecular formula is C39H33N11. The van der Waals surface area contributed by atoms with E-state index in [0.717, 1.165) is 88.5 Å². The first kappa shape index (κ1) is 29.8. The zero-order valence-corrected chi connectivity index (χ0v) is 27.2. The molecule has 0 amide bonds. The van der Waals surface area contributed by atoms with E-state index in [2.05, 4.69) is 89.9 Å². The highest BCUT2D eigenvalue weighted by Crippen LogP contribution is 2.35. The van der Waals surface area contributed by atoms with Gasteiger partial charge in [0, 0.05) is 53.1 Å². The van der Waals surface area contributed by atoms with Gasteiger partial charge in [-0.1, -0.05) is 60.7 Å². The van der Waals surface area contributed by atoms with Gasteiger partial charge in [0.25, 0.3) is 0 Å². The highest BCUT2D eigenvalue weighted by molar-refractivity contribution is 5.98. The van der Waals surface area contributed by atoms with Gasteiger partial charge in [-0.2, -0.15) is 5.10 Å². The number of hydrogen-bond acceptors (Lipinski definition) is 9. The molecule has 7 heterocycles. The summed E-state index contributed by atoms with van der Waals surface area (Å²) in [5.74, 6) is 3.15. The van der Waals surface area contributed by atoms with Crippen LogP contribution in [0.5, 0.6) is 0 Å². The van der Waals surface area contributed by atoms with Crippen molar-refractivity contribution in [1.29, 1.82) is 0 Å². The lowest BCUT2D eigenvalue weighted by molar-refractivity contribution is 0.202. The highest BCUT2D eigenvalue weighted by atomic mass is 15.2. The molecule has 1 saturated heterocycles. The van der Waals surface area contributed by atoms with E-state index in [1.807, 2.05) is 47.0 Å². The van der Waals surface area contributed by atoms with Crippen molar-refractivity contribution in [2.45, 2.75) is 25.3 Å². The lowest BCUT2D eigenvalue weighted by atomic mass is 9.95. The predicted octanol–water partition coefficient (Wildman–Crippen LogP) is 6.82. The third kappa shape index (κ3) is 5.63. The molecule has 1 fully saturated rings. The number of hydrogen-bond donors (Lipinski definition) is 2. The number of rotatable bonds is 7. The molecule has 50 heavy (non-hydrogen) atoms. The third-order valence-electron chi connectivity index (χ3n) is 9.50. The van der Waals surface area contributed by atoms with Crippen molar-refractivity contribution in [3.8, 4) is 45.3 Å². The molecule has 244 valence electrons. The molecule has 11 nitrogen and oxygen atoms in total. The van der Waals surface area contributed by atoms with Gasteiger partial charge >= 0.3 is 0 Å². The van der Waals surface area contributed by atoms with Gasteiger partial charge in [-0.3, -0.25) is 19.4 Å². The number of nitrogen functional groups attached to an aromatic ring is 1. The van der Waals surface area contributed by atoms with Gasteiger partial charge in [0.1, 0.15) is 17.3 Å². The fourth-order valence-corrected chi connectivity index (χ4v) is 6.84. The van der Waals surface area contributed by atoms with Crippen molar-refractivity contribution < 1.29 is 0 Å². The maximum atomic E-state index is 5.82. The Labute approximate surface area is 287 Å². The number of aromatic amines is 1. The molecule has 2 aromatic carbocycles. The van der Waals surface area contributed by atoms with Crippen LogP contribution in [-0.2, 0) is 6.54 Å². The Morgan fingerprint density at radius 3 is 2.38 bits per heavy atom. The van der Waals surface area contributed by atoms with Crippen molar-refractivity contribution in [2.75, 3.05) is 18.8 Å². The molecule has 3 N–H and O–H groups in total. The number of nitrogens with two attached hydrogens (primary N) is 1. The molecule has 1 aliphatic rings. The Kier molecular flexibility index (Phi) is 7.51. The number of H-pyrrole nitrogens is 1. The van der Waals surface area contributed by atoms with Gasteiger partial charge in [-0.05, 0) is 73.5 Å². The highest BCUT2D eigenvalue weighted by Gasteiger charge is 2.24. The molecule has 9 rings (SSSR count). The number of fused-ring (bicyclic) bond motifs is 3. The summed E-state index contributed by atoms with van der Waals surface area (Å²) in [6, 6.07) is 32.9. The van der Waals surface area contributed by atoms with E-state index in [-0.39, 0.29) is 0 Å². The van der Waals surface area contributed by atoms with Crippen LogP contribution >= 0.6 is 0 Å². The molecule has 0 aliphatic carbocycles. The molecule has 1 aliphatic heterocycles. The van der Waals surface area contributed by atoms with Gasteiger partial charge < -0.3 is 5.73 Å². The molecule has 0 bridgehead atoms. The van der Waals surface area contributed by atoms with Crippen molar-refractivity contribution >= 4 is 22.4 Å². The van der Waals surface area contributed by atoms with E-state index in [1.165, 1.54) is 5.56 Å². The first-order valence-electron chi connectivity index (χ1n) is 16.8. The fraction of sp³-hybridized carbons (Fsp3) is 0.154. The summed E-state index contributed by atoms with van der Waals surface area (Å²) in [7, 11) is 0. The zero-order valence-electron chi connectivity index (χ0n) is 27.2. The summed E-state index contributed by atoms with van der Waals surface area (Å²) >= 11 is 0. The molecule has 0 radical (unpaired) electrons. The van der Waals surface area contributed by atoms with Crippen LogP contribution in [0.3, 0.4) is 0 Å². The van der Waals surface area contributed by atoms with E-state index >= 15 is 0 Å². The summed E-state index contributed by atoms with van der Waals surface area (Å²) in [4.78, 5) is 21.1. The molecule has 0 saturated carbocycles. The van der Waals surface area contributed by atoms with Gasteiger partial charge in [-0.15, -0.1) is 10.2 Å². The summed E-state index contributed by atoms with van der Waals surface area (Å²) in [6.45, 7) is 2.91. The van der Waals surface area contributed by atoms with Crippen molar-refractivity contribution in [2.24, 2.45) is 0 Å². The van der Waals surface area contributed by atoms with Crippen LogP contribution in [0.15, 0.2) is 116 Å². The van der Waals surface area contributed by atoms with E-state index in [9.17, 15) is 0 Å². The topological polar surface area (TPSA) is 140 Å². The number of nitrogens with zero attached hydrogens (tertiary/aromatic N) is 9. The lowest BCUT2D eigenvalue weighted by Gasteiger charge is -2.31. The van der Waals surface area contributed by atoms with Crippen molar-refractivity contribution in [1.82, 2.24) is 49.6 Å². The second-order valence-corrected chi connectivity index (χ2v) is 12.7. The quantitative estimate of drug-likeness (QED) is 0.189. The Morgan fingerprint density at radius 2 is 1.60 bits per heavy atom. The molecular weight excluding hydrogens is 623 g/mol. The van der Waals surface area contributed by atoms with E-state index in [0.29, 0.717) is 23.4 Å². The smallest absolute Gasteiger partial charge is 0.199 e. The largest absolute Gasteiger partial charge is 0.384 e. The number of piperidine rings is 1. The predicted molar refractivity (Wildman–Crippen MR) is 194 cm³/mol. The molecule has 0 atom stereocenters. The minimum Gasteiger partial charge on any atom is -0.384 e. The summed E-state index contributed by atoms with van der Waals surface area (Å²) in [6.07, 6.45) is 7.53. The Balaban J connectivity index is 0.962. The number of pyridine rings is 4. The van der Waals surface area contributed by atoms with Crippen LogP contribution in [-0.4, -0.2) is 62.7 Å². The number of nitrogens with one attached hydrogen (secondary N) is 1. The number of benzene rings is 2. The molecule has 11 heteroatoms. The summed E-state index contributed by atoms with van der Waals surface area (Å²) < 4.78 is 1.98. The van der Waals surface area contributed by atoms with Crippen LogP contribution in [0, 0.1) is 0 Å². The Hall–Kier alpha value is -6.33. The van der Waals surface area contributed by atoms with E-state index in [1.54, 1.807) is 18.5 Å². The third-order valence-corrected chi connectivity index (χ3v) is 9.50. The Morgan fingerprint density at radius 1 is 0.780 bits per heavy atom. The second kappa shape index (κ2) is 12.6. The monoisotopic (exact) mass is 655 g/mol. The van der Waals surface area contributed by atoms with E-state index < -0.39 is 0 Å². The van der Waals surface area contributed by atoms with Crippen LogP contribution in [0.4, 0.5) is 5.82 Å². The minimum absolute atomic E-state index is 0.370. The van der Waals surface area contributed by atoms with Gasteiger partial charge in [0.05, 0.1) is 11.2 Å². The minimum atomic E-state index is 0.370. The van der Waals surface area contributed by atoms with Crippen molar-refractivity contribution in [3.05, 3.63) is 127 Å². The maximum Gasteiger partial charge on any atom is 0.199 e. The fourth-order valence-electron chi connectivity index (χ4n) is 6.84. The van der Waals surface area contributed by atoms with Crippen molar-refractivity contribution in [3.63, 3.8) is 0 Å². The first-order chi connectivity index (χ1) is 24.7. The maximum absolute atomic E-state index is 5.82. The molecule has 6 aromatic heterocycles. The second-order valence-electron chi connectivity index (χ2n) is 12.7. The van der Waals surface area contributed by atoms with Gasteiger partial charge in [0.2, 0.25) is 0 Å². The van der Waals surface area contributed by atoms with Gasteiger partial charge in [0.15, 0.2) is 17.3 Å². The van der Waals surface area contributed by atoms with Crippen LogP contribution in [0.2, 0.25) is 0 Å². The van der Waals surface area contributed by atoms with Gasteiger partial charge in [-0.25, -0.2) is 15.0 Å². The average molecular weight is 656 g/mol. The summed E-state index contributed by atoms with van der Waals surface area (Å²) in [5, 5.41) is 17.6. The van der Waals surface area contributed by atoms with Crippen LogP contribution in [0.25, 0.3) is 61.8 Å². The SMILES string of the molecule is Nc1ccc(-c2nnc3c4cc(-c5ccccc5)c(-c5ccc(CN6CCC(c7nc(-c8ccccn8)n[nH]7)CC6)cc5)nc4ccn23)cn1. The molecule has 0 unspecified atom stereocenters. The number of aromatic nitrogens is 9. The molecule has 0 spiro atoms. The number of likely N-dealkylation sites (tertiary alicyclic amines) is 1. The average Bonchev–Trinajstić information content (AvgIpc) is 3.85. The standard InChI is InChI=1S/C39H33N11/c40-34-14-13-29(23-42-34)38-47-48-39-31-22-30(26-6-2-1-3-7-26)35(43-32(31)17-21-50(38)39)27-11-9-25(10-12-27)24-49-19-15-28(16-20-49)36-44-37(46-45-36)33-8-4-5-18-41-33/h1-14,17-18,21-23,28H,15-16,19-20,24H2,(H2,40,42)(H,44,45,46). The number of anilines is 1. The molecule has 8 aromatic rings. The lowest BCUT2D eigenvalue weighted by Crippen LogP contribution is -2.32. The first-order valence-corrected chi connectivity index (χ1v) is 16.8. The van der Waals surface area contributed by atoms with Crippen LogP contribution < -0.4 is 5.73 Å². The van der Waals surface area contributed by atoms with Crippen LogP contribution in [0.1, 0.15) is 30.1 Å².